The zero-order valence-electron chi connectivity index (χ0n) is 7.50. The Morgan fingerprint density at radius 2 is 2.00 bits per heavy atom. The first-order valence-electron chi connectivity index (χ1n) is 4.13. The Hall–Kier alpha value is -1.16. The summed E-state index contributed by atoms with van der Waals surface area (Å²) in [7, 11) is 0. The number of carbonyl (C=O) groups excluding carboxylic acids is 2. The molecule has 1 aromatic carbocycles. The third-order valence-electron chi connectivity index (χ3n) is 1.73. The first kappa shape index (κ1) is 10.9. The van der Waals surface area contributed by atoms with Gasteiger partial charge in [0.2, 0.25) is 5.91 Å². The molecule has 0 aromatic heterocycles. The lowest BCUT2D eigenvalue weighted by molar-refractivity contribution is -0.118. The fraction of sp³-hybridized carbons (Fsp3) is 0.200. The molecule has 0 atom stereocenters. The van der Waals surface area contributed by atoms with Crippen LogP contribution in [0.3, 0.4) is 0 Å². The first-order valence-corrected chi connectivity index (χ1v) is 5.25. The van der Waals surface area contributed by atoms with Crippen molar-refractivity contribution in [2.45, 2.75) is 6.54 Å². The highest BCUT2D eigenvalue weighted by Gasteiger charge is 1.97. The molecule has 0 bridgehead atoms. The minimum absolute atomic E-state index is 0.0514. The Balaban J connectivity index is 2.51. The summed E-state index contributed by atoms with van der Waals surface area (Å²) in [6, 6.07) is 7.09. The second-order valence-electron chi connectivity index (χ2n) is 2.77. The summed E-state index contributed by atoms with van der Waals surface area (Å²) in [6.07, 6.45) is 0.793. The van der Waals surface area contributed by atoms with Crippen molar-refractivity contribution in [1.82, 2.24) is 5.32 Å². The van der Waals surface area contributed by atoms with Crippen LogP contribution in [0.4, 0.5) is 0 Å². The van der Waals surface area contributed by atoms with Crippen LogP contribution in [0.2, 0.25) is 0 Å². The monoisotopic (exact) mass is 255 g/mol. The van der Waals surface area contributed by atoms with Crippen molar-refractivity contribution in [2.24, 2.45) is 0 Å². The quantitative estimate of drug-likeness (QED) is 0.655. The van der Waals surface area contributed by atoms with E-state index >= 15 is 0 Å². The first-order chi connectivity index (χ1) is 6.76. The molecule has 0 heterocycles. The van der Waals surface area contributed by atoms with Gasteiger partial charge in [-0.25, -0.2) is 0 Å². The van der Waals surface area contributed by atoms with E-state index in [1.54, 1.807) is 12.1 Å². The molecule has 4 heteroatoms. The van der Waals surface area contributed by atoms with E-state index in [-0.39, 0.29) is 5.91 Å². The average molecular weight is 256 g/mol. The van der Waals surface area contributed by atoms with Crippen molar-refractivity contribution in [1.29, 1.82) is 0 Å². The molecule has 0 aliphatic rings. The van der Waals surface area contributed by atoms with Crippen LogP contribution in [0.15, 0.2) is 24.3 Å². The Morgan fingerprint density at radius 3 is 2.50 bits per heavy atom. The zero-order chi connectivity index (χ0) is 10.4. The fourth-order valence-electron chi connectivity index (χ4n) is 0.962. The number of hydrogen-bond donors (Lipinski definition) is 1. The topological polar surface area (TPSA) is 46.2 Å². The highest BCUT2D eigenvalue weighted by molar-refractivity contribution is 9.09. The summed E-state index contributed by atoms with van der Waals surface area (Å²) in [5, 5.41) is 3.02. The summed E-state index contributed by atoms with van der Waals surface area (Å²) in [5.41, 5.74) is 1.62. The average Bonchev–Trinajstić information content (AvgIpc) is 2.26. The number of aldehydes is 1. The maximum atomic E-state index is 10.9. The second-order valence-corrected chi connectivity index (χ2v) is 3.33. The Kier molecular flexibility index (Phi) is 4.32. The number of halogens is 1. The lowest BCUT2D eigenvalue weighted by Gasteiger charge is -2.02. The molecular formula is C10H10BrNO2. The summed E-state index contributed by atoms with van der Waals surface area (Å²) < 4.78 is 0. The number of amides is 1. The number of rotatable bonds is 4. The van der Waals surface area contributed by atoms with E-state index in [9.17, 15) is 9.59 Å². The molecule has 1 N–H and O–H groups in total. The smallest absolute Gasteiger partial charge is 0.230 e. The van der Waals surface area contributed by atoms with Crippen LogP contribution < -0.4 is 5.32 Å². The van der Waals surface area contributed by atoms with E-state index in [0.29, 0.717) is 17.4 Å². The van der Waals surface area contributed by atoms with Gasteiger partial charge < -0.3 is 5.32 Å². The van der Waals surface area contributed by atoms with Gasteiger partial charge in [-0.15, -0.1) is 0 Å². The van der Waals surface area contributed by atoms with E-state index < -0.39 is 0 Å². The zero-order valence-corrected chi connectivity index (χ0v) is 9.08. The summed E-state index contributed by atoms with van der Waals surface area (Å²) in [6.45, 7) is 0.490. The van der Waals surface area contributed by atoms with Gasteiger partial charge in [-0.3, -0.25) is 9.59 Å². The molecule has 1 rings (SSSR count). The molecule has 0 aliphatic heterocycles. The van der Waals surface area contributed by atoms with E-state index in [1.165, 1.54) is 0 Å². The lowest BCUT2D eigenvalue weighted by atomic mass is 10.1. The van der Waals surface area contributed by atoms with Gasteiger partial charge in [0.25, 0.3) is 0 Å². The summed E-state index contributed by atoms with van der Waals surface area (Å²) in [4.78, 5) is 21.2. The standard InChI is InChI=1S/C10H10BrNO2/c11-5-10(14)12-6-8-1-3-9(7-13)4-2-8/h1-4,7H,5-6H2,(H,12,14). The van der Waals surface area contributed by atoms with Crippen LogP contribution in [0.5, 0.6) is 0 Å². The Bertz CT molecular complexity index is 321. The third-order valence-corrected chi connectivity index (χ3v) is 2.24. The van der Waals surface area contributed by atoms with Crippen molar-refractivity contribution < 1.29 is 9.59 Å². The van der Waals surface area contributed by atoms with E-state index in [1.807, 2.05) is 12.1 Å². The molecule has 74 valence electrons. The predicted molar refractivity (Wildman–Crippen MR) is 57.5 cm³/mol. The van der Waals surface area contributed by atoms with Crippen LogP contribution in [0, 0.1) is 0 Å². The van der Waals surface area contributed by atoms with Crippen molar-refractivity contribution in [3.05, 3.63) is 35.4 Å². The van der Waals surface area contributed by atoms with Crippen molar-refractivity contribution in [3.63, 3.8) is 0 Å². The molecule has 3 nitrogen and oxygen atoms in total. The van der Waals surface area contributed by atoms with Gasteiger partial charge in [-0.2, -0.15) is 0 Å². The SMILES string of the molecule is O=Cc1ccc(CNC(=O)CBr)cc1. The number of hydrogen-bond acceptors (Lipinski definition) is 2. The molecule has 0 radical (unpaired) electrons. The largest absolute Gasteiger partial charge is 0.351 e. The minimum Gasteiger partial charge on any atom is -0.351 e. The molecule has 14 heavy (non-hydrogen) atoms. The van der Waals surface area contributed by atoms with Crippen LogP contribution in [0.25, 0.3) is 0 Å². The normalized spacial score (nSPS) is 9.50. The maximum Gasteiger partial charge on any atom is 0.230 e. The van der Waals surface area contributed by atoms with Gasteiger partial charge in [-0.1, -0.05) is 40.2 Å². The van der Waals surface area contributed by atoms with Crippen LogP contribution >= 0.6 is 15.9 Å². The predicted octanol–water partition coefficient (Wildman–Crippen LogP) is 1.51. The molecule has 0 unspecified atom stereocenters. The summed E-state index contributed by atoms with van der Waals surface area (Å²) >= 11 is 3.05. The van der Waals surface area contributed by atoms with Crippen molar-refractivity contribution in [3.8, 4) is 0 Å². The molecule has 0 fully saturated rings. The van der Waals surface area contributed by atoms with Crippen molar-refractivity contribution in [2.75, 3.05) is 5.33 Å². The van der Waals surface area contributed by atoms with E-state index in [0.717, 1.165) is 11.8 Å². The van der Waals surface area contributed by atoms with Crippen LogP contribution in [0.1, 0.15) is 15.9 Å². The molecule has 0 saturated heterocycles. The molecular weight excluding hydrogens is 246 g/mol. The van der Waals surface area contributed by atoms with Crippen LogP contribution in [-0.4, -0.2) is 17.5 Å². The van der Waals surface area contributed by atoms with Crippen molar-refractivity contribution >= 4 is 28.1 Å². The summed E-state index contributed by atoms with van der Waals surface area (Å²) in [5.74, 6) is -0.0514. The van der Waals surface area contributed by atoms with Gasteiger partial charge in [0.05, 0.1) is 5.33 Å². The molecule has 0 aliphatic carbocycles. The number of benzene rings is 1. The number of alkyl halides is 1. The Labute approximate surface area is 90.6 Å². The molecule has 1 aromatic rings. The molecule has 0 saturated carbocycles. The number of carbonyl (C=O) groups is 2. The Morgan fingerprint density at radius 1 is 1.36 bits per heavy atom. The van der Waals surface area contributed by atoms with Gasteiger partial charge in [0, 0.05) is 12.1 Å². The molecule has 1 amide bonds. The minimum atomic E-state index is -0.0514. The lowest BCUT2D eigenvalue weighted by Crippen LogP contribution is -2.23. The second kappa shape index (κ2) is 5.54. The van der Waals surface area contributed by atoms with E-state index in [2.05, 4.69) is 21.2 Å². The van der Waals surface area contributed by atoms with E-state index in [4.69, 9.17) is 0 Å². The highest BCUT2D eigenvalue weighted by Crippen LogP contribution is 2.01. The van der Waals surface area contributed by atoms with Crippen LogP contribution in [-0.2, 0) is 11.3 Å². The fourth-order valence-corrected chi connectivity index (χ4v) is 1.16. The number of nitrogens with one attached hydrogen (secondary N) is 1. The van der Waals surface area contributed by atoms with Gasteiger partial charge in [-0.05, 0) is 5.56 Å². The van der Waals surface area contributed by atoms with Gasteiger partial charge in [0.15, 0.2) is 0 Å². The maximum absolute atomic E-state index is 10.9. The van der Waals surface area contributed by atoms with Gasteiger partial charge >= 0.3 is 0 Å². The molecule has 0 spiro atoms. The third kappa shape index (κ3) is 3.30. The van der Waals surface area contributed by atoms with Gasteiger partial charge in [0.1, 0.15) is 6.29 Å². The highest BCUT2D eigenvalue weighted by atomic mass is 79.9.